The first-order valence-corrected chi connectivity index (χ1v) is 8.45. The minimum absolute atomic E-state index is 0.540. The van der Waals surface area contributed by atoms with Gasteiger partial charge in [0.15, 0.2) is 5.65 Å². The van der Waals surface area contributed by atoms with Crippen LogP contribution in [0.1, 0.15) is 12.5 Å². The van der Waals surface area contributed by atoms with Gasteiger partial charge in [0.25, 0.3) is 0 Å². The maximum Gasteiger partial charge on any atom is 0.221 e. The topological polar surface area (TPSA) is 78.7 Å². The predicted molar refractivity (Wildman–Crippen MR) is 96.5 cm³/mol. The normalized spacial score (nSPS) is 11.6. The third-order valence-corrected chi connectivity index (χ3v) is 4.40. The molecule has 26 heavy (non-hydrogen) atoms. The minimum Gasteiger partial charge on any atom is -0.324 e. The molecule has 0 aromatic carbocycles. The number of aryl methyl sites for hydroxylation is 1. The summed E-state index contributed by atoms with van der Waals surface area (Å²) in [5.74, 6) is 0. The van der Waals surface area contributed by atoms with Gasteiger partial charge in [-0.2, -0.15) is 5.10 Å². The molecule has 0 bridgehead atoms. The summed E-state index contributed by atoms with van der Waals surface area (Å²) in [4.78, 5) is 9.11. The van der Waals surface area contributed by atoms with Crippen LogP contribution in [0.25, 0.3) is 28.1 Å². The lowest BCUT2D eigenvalue weighted by Gasteiger charge is -2.04. The van der Waals surface area contributed by atoms with Crippen molar-refractivity contribution in [3.8, 4) is 11.3 Å². The third-order valence-electron chi connectivity index (χ3n) is 4.40. The van der Waals surface area contributed by atoms with Crippen molar-refractivity contribution in [1.82, 2.24) is 39.1 Å². The zero-order chi connectivity index (χ0) is 17.5. The van der Waals surface area contributed by atoms with E-state index < -0.39 is 0 Å². The van der Waals surface area contributed by atoms with E-state index in [1.165, 1.54) is 0 Å². The first kappa shape index (κ1) is 14.8. The van der Waals surface area contributed by atoms with Crippen molar-refractivity contribution in [2.24, 2.45) is 0 Å². The van der Waals surface area contributed by atoms with E-state index in [1.807, 2.05) is 30.1 Å². The van der Waals surface area contributed by atoms with E-state index in [2.05, 4.69) is 49.2 Å². The largest absolute Gasteiger partial charge is 0.324 e. The van der Waals surface area contributed by atoms with Crippen LogP contribution in [-0.4, -0.2) is 39.1 Å². The molecule has 128 valence electrons. The van der Waals surface area contributed by atoms with Crippen molar-refractivity contribution in [3.05, 3.63) is 60.8 Å². The number of aromatic nitrogens is 8. The summed E-state index contributed by atoms with van der Waals surface area (Å²) in [5.41, 5.74) is 5.18. The molecule has 0 aliphatic heterocycles. The lowest BCUT2D eigenvalue weighted by molar-refractivity contribution is 0.660. The van der Waals surface area contributed by atoms with Crippen LogP contribution in [0, 0.1) is 0 Å². The summed E-state index contributed by atoms with van der Waals surface area (Å²) in [7, 11) is 0. The van der Waals surface area contributed by atoms with Gasteiger partial charge in [0.2, 0.25) is 5.65 Å². The standard InChI is InChI=1S/C18H16N8/c1-2-25-12-14(8-20-25)16-9-19-17-18(21-16)26(23-22-17)11-13-5-6-15-4-3-7-24(15)10-13/h3-10,12H,2,11H2,1H3. The third kappa shape index (κ3) is 2.43. The fraction of sp³-hybridized carbons (Fsp3) is 0.167. The summed E-state index contributed by atoms with van der Waals surface area (Å²) in [6.07, 6.45) is 9.59. The SMILES string of the molecule is CCn1cc(-c2cnc3nnn(Cc4ccc5cccn5c4)c3n2)cn1. The van der Waals surface area contributed by atoms with Crippen molar-refractivity contribution in [3.63, 3.8) is 0 Å². The van der Waals surface area contributed by atoms with E-state index in [0.717, 1.165) is 28.9 Å². The van der Waals surface area contributed by atoms with Gasteiger partial charge in [-0.15, -0.1) is 5.10 Å². The molecule has 0 fully saturated rings. The molecule has 5 aromatic rings. The van der Waals surface area contributed by atoms with Crippen LogP contribution in [0.5, 0.6) is 0 Å². The Morgan fingerprint density at radius 1 is 1.08 bits per heavy atom. The fourth-order valence-electron chi connectivity index (χ4n) is 3.02. The smallest absolute Gasteiger partial charge is 0.221 e. The fourth-order valence-corrected chi connectivity index (χ4v) is 3.02. The summed E-state index contributed by atoms with van der Waals surface area (Å²) in [5, 5.41) is 12.7. The molecule has 0 amide bonds. The second kappa shape index (κ2) is 5.76. The second-order valence-corrected chi connectivity index (χ2v) is 6.11. The Morgan fingerprint density at radius 3 is 2.92 bits per heavy atom. The van der Waals surface area contributed by atoms with E-state index in [1.54, 1.807) is 17.1 Å². The Hall–Kier alpha value is -3.55. The highest BCUT2D eigenvalue weighted by atomic mass is 15.4. The van der Waals surface area contributed by atoms with Gasteiger partial charge in [-0.25, -0.2) is 14.6 Å². The quantitative estimate of drug-likeness (QED) is 0.500. The molecule has 5 heterocycles. The van der Waals surface area contributed by atoms with Gasteiger partial charge >= 0.3 is 0 Å². The molecular weight excluding hydrogens is 328 g/mol. The molecule has 0 radical (unpaired) electrons. The van der Waals surface area contributed by atoms with Crippen LogP contribution in [0.3, 0.4) is 0 Å². The molecule has 0 unspecified atom stereocenters. The van der Waals surface area contributed by atoms with Crippen molar-refractivity contribution in [2.75, 3.05) is 0 Å². The average molecular weight is 344 g/mol. The number of nitrogens with zero attached hydrogens (tertiary/aromatic N) is 8. The van der Waals surface area contributed by atoms with E-state index >= 15 is 0 Å². The minimum atomic E-state index is 0.540. The molecule has 8 nitrogen and oxygen atoms in total. The van der Waals surface area contributed by atoms with Gasteiger partial charge in [0, 0.05) is 36.2 Å². The molecule has 0 aliphatic carbocycles. The maximum atomic E-state index is 4.72. The van der Waals surface area contributed by atoms with Gasteiger partial charge in [-0.1, -0.05) is 11.3 Å². The van der Waals surface area contributed by atoms with Gasteiger partial charge in [0.05, 0.1) is 24.6 Å². The number of pyridine rings is 1. The average Bonchev–Trinajstić information content (AvgIpc) is 3.40. The van der Waals surface area contributed by atoms with E-state index in [-0.39, 0.29) is 0 Å². The van der Waals surface area contributed by atoms with Gasteiger partial charge in [-0.3, -0.25) is 4.68 Å². The van der Waals surface area contributed by atoms with Crippen molar-refractivity contribution in [1.29, 1.82) is 0 Å². The van der Waals surface area contributed by atoms with E-state index in [4.69, 9.17) is 4.98 Å². The Bertz CT molecular complexity index is 1210. The van der Waals surface area contributed by atoms with Gasteiger partial charge in [0.1, 0.15) is 0 Å². The summed E-state index contributed by atoms with van der Waals surface area (Å²) in [6, 6.07) is 8.27. The van der Waals surface area contributed by atoms with Crippen LogP contribution in [0.15, 0.2) is 55.2 Å². The molecular formula is C18H16N8. The highest BCUT2D eigenvalue weighted by Gasteiger charge is 2.11. The highest BCUT2D eigenvalue weighted by Crippen LogP contribution is 2.18. The lowest BCUT2D eigenvalue weighted by atomic mass is 10.2. The van der Waals surface area contributed by atoms with Crippen molar-refractivity contribution in [2.45, 2.75) is 20.0 Å². The predicted octanol–water partition coefficient (Wildman–Crippen LogP) is 2.41. The van der Waals surface area contributed by atoms with Crippen LogP contribution >= 0.6 is 0 Å². The molecule has 5 rings (SSSR count). The number of hydrogen-bond acceptors (Lipinski definition) is 5. The Morgan fingerprint density at radius 2 is 2.04 bits per heavy atom. The zero-order valence-electron chi connectivity index (χ0n) is 14.2. The Kier molecular flexibility index (Phi) is 3.27. The number of hydrogen-bond donors (Lipinski definition) is 0. The van der Waals surface area contributed by atoms with Crippen LogP contribution in [0.2, 0.25) is 0 Å². The maximum absolute atomic E-state index is 4.72. The summed E-state index contributed by atoms with van der Waals surface area (Å²) >= 11 is 0. The monoisotopic (exact) mass is 344 g/mol. The molecule has 0 saturated carbocycles. The van der Waals surface area contributed by atoms with E-state index in [9.17, 15) is 0 Å². The van der Waals surface area contributed by atoms with Gasteiger partial charge < -0.3 is 4.40 Å². The Balaban J connectivity index is 1.53. The van der Waals surface area contributed by atoms with Gasteiger partial charge in [-0.05, 0) is 30.7 Å². The molecule has 8 heteroatoms. The summed E-state index contributed by atoms with van der Waals surface area (Å²) < 4.78 is 5.73. The molecule has 5 aromatic heterocycles. The van der Waals surface area contributed by atoms with Crippen molar-refractivity contribution < 1.29 is 0 Å². The summed E-state index contributed by atoms with van der Waals surface area (Å²) in [6.45, 7) is 3.44. The zero-order valence-corrected chi connectivity index (χ0v) is 14.2. The molecule has 0 spiro atoms. The number of fused-ring (bicyclic) bond motifs is 2. The first-order valence-electron chi connectivity index (χ1n) is 8.45. The second-order valence-electron chi connectivity index (χ2n) is 6.11. The first-order chi connectivity index (χ1) is 12.8. The molecule has 0 aliphatic rings. The van der Waals surface area contributed by atoms with Crippen LogP contribution in [-0.2, 0) is 13.1 Å². The lowest BCUT2D eigenvalue weighted by Crippen LogP contribution is -2.04. The highest BCUT2D eigenvalue weighted by molar-refractivity contribution is 5.69. The Labute approximate surface area is 148 Å². The number of rotatable bonds is 4. The van der Waals surface area contributed by atoms with Crippen molar-refractivity contribution >= 4 is 16.8 Å². The van der Waals surface area contributed by atoms with Crippen LogP contribution < -0.4 is 0 Å². The molecule has 0 N–H and O–H groups in total. The van der Waals surface area contributed by atoms with Crippen LogP contribution in [0.4, 0.5) is 0 Å². The molecule has 0 saturated heterocycles. The molecule has 0 atom stereocenters. The van der Waals surface area contributed by atoms with E-state index in [0.29, 0.717) is 17.8 Å².